The van der Waals surface area contributed by atoms with Crippen molar-refractivity contribution in [3.05, 3.63) is 82.6 Å². The van der Waals surface area contributed by atoms with Crippen molar-refractivity contribution < 1.29 is 42.8 Å². The Bertz CT molecular complexity index is 2670. The molecule has 8 N–H and O–H groups in total. The lowest BCUT2D eigenvalue weighted by Crippen LogP contribution is -2.20. The summed E-state index contributed by atoms with van der Waals surface area (Å²) in [5.74, 6) is -2.10. The first-order chi connectivity index (χ1) is 28.1. The summed E-state index contributed by atoms with van der Waals surface area (Å²) in [6.45, 7) is 7.89. The number of carbonyl (C=O) groups excluding carboxylic acids is 4. The maximum absolute atomic E-state index is 13.7. The lowest BCUT2D eigenvalue weighted by molar-refractivity contribution is 0.0991. The number of aromatic nitrogens is 9. The molecule has 0 aliphatic rings. The van der Waals surface area contributed by atoms with Gasteiger partial charge in [0.2, 0.25) is 23.7 Å². The number of allylic oxidation sites excluding steroid dienone is 2. The average Bonchev–Trinajstić information content (AvgIpc) is 3.94. The SMILES string of the molecule is CCn1nc(C)cc1C(=O)Nc1nc2cc(C(N)=O)cnc2n1C/C=C/Cn1c(NC(=O)c2cc(C)nn2CC)nc2cc(C(N)=O)cc(OCCCOP(=O)(O)O)c21. The first-order valence-corrected chi connectivity index (χ1v) is 19.8. The first kappa shape index (κ1) is 41.9. The van der Waals surface area contributed by atoms with Crippen LogP contribution in [-0.4, -0.2) is 90.3 Å². The fourth-order valence-corrected chi connectivity index (χ4v) is 6.59. The van der Waals surface area contributed by atoms with E-state index in [2.05, 4.69) is 40.3 Å². The number of phosphoric ester groups is 1. The molecule has 0 radical (unpaired) electrons. The van der Waals surface area contributed by atoms with Gasteiger partial charge in [0.05, 0.1) is 35.7 Å². The summed E-state index contributed by atoms with van der Waals surface area (Å²) in [4.78, 5) is 83.2. The van der Waals surface area contributed by atoms with Crippen molar-refractivity contribution in [1.82, 2.24) is 43.6 Å². The third-order valence-corrected chi connectivity index (χ3v) is 9.35. The van der Waals surface area contributed by atoms with Crippen LogP contribution in [0.5, 0.6) is 5.75 Å². The van der Waals surface area contributed by atoms with Crippen molar-refractivity contribution in [2.45, 2.75) is 60.3 Å². The normalized spacial score (nSPS) is 11.8. The van der Waals surface area contributed by atoms with Gasteiger partial charge in [-0.05, 0) is 58.0 Å². The highest BCUT2D eigenvalue weighted by Crippen LogP contribution is 2.36. The van der Waals surface area contributed by atoms with E-state index in [1.807, 2.05) is 13.8 Å². The van der Waals surface area contributed by atoms with Crippen LogP contribution in [0.1, 0.15) is 73.3 Å². The predicted molar refractivity (Wildman–Crippen MR) is 213 cm³/mol. The van der Waals surface area contributed by atoms with Crippen LogP contribution >= 0.6 is 7.82 Å². The number of pyridine rings is 1. The van der Waals surface area contributed by atoms with Crippen molar-refractivity contribution in [3.8, 4) is 5.75 Å². The number of carbonyl (C=O) groups is 4. The molecule has 6 rings (SSSR count). The fraction of sp³-hybridized carbons (Fsp3) is 0.306. The number of benzene rings is 1. The summed E-state index contributed by atoms with van der Waals surface area (Å²) in [6.07, 6.45) is 4.89. The van der Waals surface area contributed by atoms with E-state index in [-0.39, 0.29) is 72.7 Å². The molecule has 5 aromatic heterocycles. The Morgan fingerprint density at radius 1 is 0.780 bits per heavy atom. The number of amides is 4. The molecule has 4 amide bonds. The topological polar surface area (TPSA) is 305 Å². The molecule has 5 heterocycles. The molecule has 310 valence electrons. The van der Waals surface area contributed by atoms with E-state index in [4.69, 9.17) is 26.0 Å². The molecule has 0 bridgehead atoms. The Morgan fingerprint density at radius 2 is 1.32 bits per heavy atom. The summed E-state index contributed by atoms with van der Waals surface area (Å²) in [7, 11) is -4.70. The smallest absolute Gasteiger partial charge is 0.469 e. The van der Waals surface area contributed by atoms with E-state index < -0.39 is 31.5 Å². The van der Waals surface area contributed by atoms with Crippen LogP contribution in [0.2, 0.25) is 0 Å². The number of fused-ring (bicyclic) bond motifs is 2. The molecular formula is C36H42N13O9P. The number of nitrogens with one attached hydrogen (secondary N) is 2. The molecule has 0 aliphatic carbocycles. The molecule has 0 atom stereocenters. The monoisotopic (exact) mass is 831 g/mol. The second kappa shape index (κ2) is 17.4. The molecule has 0 spiro atoms. The zero-order chi connectivity index (χ0) is 42.6. The molecule has 0 aliphatic heterocycles. The Balaban J connectivity index is 1.36. The molecule has 1 aromatic carbocycles. The van der Waals surface area contributed by atoms with Crippen LogP contribution < -0.4 is 26.8 Å². The van der Waals surface area contributed by atoms with Crippen molar-refractivity contribution in [2.75, 3.05) is 23.8 Å². The molecular weight excluding hydrogens is 789 g/mol. The summed E-state index contributed by atoms with van der Waals surface area (Å²) < 4.78 is 28.1. The Labute approximate surface area is 335 Å². The van der Waals surface area contributed by atoms with E-state index in [1.165, 1.54) is 24.4 Å². The Hall–Kier alpha value is -6.74. The number of phosphoric acid groups is 1. The quantitative estimate of drug-likeness (QED) is 0.0412. The van der Waals surface area contributed by atoms with E-state index >= 15 is 0 Å². The molecule has 59 heavy (non-hydrogen) atoms. The summed E-state index contributed by atoms with van der Waals surface area (Å²) in [5.41, 5.74) is 14.5. The van der Waals surface area contributed by atoms with Gasteiger partial charge < -0.3 is 30.6 Å². The van der Waals surface area contributed by atoms with Gasteiger partial charge in [-0.2, -0.15) is 10.2 Å². The van der Waals surface area contributed by atoms with Crippen molar-refractivity contribution in [1.29, 1.82) is 0 Å². The Morgan fingerprint density at radius 3 is 1.88 bits per heavy atom. The maximum atomic E-state index is 13.7. The average molecular weight is 832 g/mol. The zero-order valence-corrected chi connectivity index (χ0v) is 33.3. The van der Waals surface area contributed by atoms with Crippen LogP contribution in [0.3, 0.4) is 0 Å². The molecule has 0 unspecified atom stereocenters. The highest BCUT2D eigenvalue weighted by Gasteiger charge is 2.23. The number of hydrogen-bond donors (Lipinski definition) is 6. The number of anilines is 2. The van der Waals surface area contributed by atoms with Gasteiger partial charge in [0.1, 0.15) is 28.2 Å². The van der Waals surface area contributed by atoms with E-state index in [9.17, 15) is 23.7 Å². The van der Waals surface area contributed by atoms with Crippen LogP contribution in [0.15, 0.2) is 48.7 Å². The van der Waals surface area contributed by atoms with Crippen LogP contribution in [-0.2, 0) is 35.3 Å². The highest BCUT2D eigenvalue weighted by molar-refractivity contribution is 7.46. The molecule has 0 fully saturated rings. The molecule has 22 nitrogen and oxygen atoms in total. The first-order valence-electron chi connectivity index (χ1n) is 18.3. The minimum Gasteiger partial charge on any atom is -0.491 e. The van der Waals surface area contributed by atoms with Gasteiger partial charge in [-0.3, -0.25) is 48.3 Å². The third-order valence-electron chi connectivity index (χ3n) is 8.83. The molecule has 23 heteroatoms. The summed E-state index contributed by atoms with van der Waals surface area (Å²) >= 11 is 0. The largest absolute Gasteiger partial charge is 0.491 e. The number of hydrogen-bond acceptors (Lipinski definition) is 12. The van der Waals surface area contributed by atoms with Crippen LogP contribution in [0.25, 0.3) is 22.2 Å². The molecule has 0 saturated carbocycles. The fourth-order valence-electron chi connectivity index (χ4n) is 6.22. The number of aryl methyl sites for hydroxylation is 4. The van der Waals surface area contributed by atoms with E-state index in [0.29, 0.717) is 46.9 Å². The van der Waals surface area contributed by atoms with Gasteiger partial charge in [-0.25, -0.2) is 19.5 Å². The van der Waals surface area contributed by atoms with Crippen LogP contribution in [0, 0.1) is 13.8 Å². The van der Waals surface area contributed by atoms with Gasteiger partial charge in [-0.1, -0.05) is 12.2 Å². The van der Waals surface area contributed by atoms with Crippen LogP contribution in [0.4, 0.5) is 11.9 Å². The standard InChI is InChI=1S/C36H42N13O9P/c1-5-48-26(14-20(3)44-48)33(52)42-35-40-24-16-22(30(37)50)18-28(57-12-9-13-58-59(54,55)56)29(24)46(35)10-7-8-11-47-32-25(17-23(19-39-32)31(38)51)41-36(47)43-34(53)27-15-21(4)45-49(27)6-2/h7-8,14-19H,5-6,9-13H2,1-4H3,(H2,37,50)(H2,38,51)(H,40,42,52)(H,41,43,53)(H2,54,55,56)/b8-7+. The Kier molecular flexibility index (Phi) is 12.4. The number of imidazole rings is 2. The minimum atomic E-state index is -4.70. The minimum absolute atomic E-state index is 0.0578. The predicted octanol–water partition coefficient (Wildman–Crippen LogP) is 2.67. The highest BCUT2D eigenvalue weighted by atomic mass is 31.2. The summed E-state index contributed by atoms with van der Waals surface area (Å²) in [5, 5.41) is 14.4. The van der Waals surface area contributed by atoms with Gasteiger partial charge in [-0.15, -0.1) is 0 Å². The second-order valence-electron chi connectivity index (χ2n) is 13.1. The van der Waals surface area contributed by atoms with Gasteiger partial charge in [0, 0.05) is 44.4 Å². The number of rotatable bonds is 18. The van der Waals surface area contributed by atoms with Gasteiger partial charge >= 0.3 is 7.82 Å². The molecule has 6 aromatic rings. The number of nitrogens with two attached hydrogens (primary N) is 2. The third kappa shape index (κ3) is 9.53. The number of nitrogens with zero attached hydrogens (tertiary/aromatic N) is 9. The lowest BCUT2D eigenvalue weighted by atomic mass is 10.1. The number of primary amides is 2. The van der Waals surface area contributed by atoms with Crippen molar-refractivity contribution >= 4 is 65.5 Å². The van der Waals surface area contributed by atoms with Crippen molar-refractivity contribution in [2.24, 2.45) is 11.5 Å². The zero-order valence-electron chi connectivity index (χ0n) is 32.4. The lowest BCUT2D eigenvalue weighted by Gasteiger charge is -2.13. The van der Waals surface area contributed by atoms with Gasteiger partial charge in [0.15, 0.2) is 5.65 Å². The second-order valence-corrected chi connectivity index (χ2v) is 14.3. The van der Waals surface area contributed by atoms with Crippen molar-refractivity contribution in [3.63, 3.8) is 0 Å². The summed E-state index contributed by atoms with van der Waals surface area (Å²) in [6, 6.07) is 7.61. The maximum Gasteiger partial charge on any atom is 0.469 e. The van der Waals surface area contributed by atoms with E-state index in [0.717, 1.165) is 0 Å². The van der Waals surface area contributed by atoms with Gasteiger partial charge in [0.25, 0.3) is 11.8 Å². The number of ether oxygens (including phenoxy) is 1. The van der Waals surface area contributed by atoms with E-state index in [1.54, 1.807) is 56.6 Å². The molecule has 0 saturated heterocycles.